The van der Waals surface area contributed by atoms with Crippen LogP contribution < -0.4 is 20.9 Å². The van der Waals surface area contributed by atoms with Gasteiger partial charge in [-0.15, -0.1) is 0 Å². The van der Waals surface area contributed by atoms with Crippen LogP contribution in [-0.2, 0) is 0 Å². The Morgan fingerprint density at radius 2 is 1.77 bits per heavy atom. The van der Waals surface area contributed by atoms with E-state index in [0.717, 1.165) is 27.4 Å². The molecule has 31 heavy (non-hydrogen) atoms. The zero-order valence-electron chi connectivity index (χ0n) is 17.1. The van der Waals surface area contributed by atoms with Crippen molar-refractivity contribution in [2.24, 2.45) is 5.73 Å². The van der Waals surface area contributed by atoms with Crippen LogP contribution in [0.25, 0.3) is 21.7 Å². The zero-order chi connectivity index (χ0) is 21.7. The zero-order valence-corrected chi connectivity index (χ0v) is 17.1. The molecule has 152 valence electrons. The number of H-pyrrole nitrogens is 1. The maximum absolute atomic E-state index is 13.3. The van der Waals surface area contributed by atoms with E-state index in [1.807, 2.05) is 79.7 Å². The Hall–Kier alpha value is -4.24. The Bertz CT molecular complexity index is 1470. The number of hydrogen-bond acceptors (Lipinski definition) is 5. The summed E-state index contributed by atoms with van der Waals surface area (Å²) in [7, 11) is 3.91. The van der Waals surface area contributed by atoms with E-state index in [0.29, 0.717) is 16.8 Å². The number of hydrogen-bond donors (Lipinski definition) is 2. The van der Waals surface area contributed by atoms with Gasteiger partial charge < -0.3 is 20.4 Å². The minimum atomic E-state index is -0.607. The second-order valence-electron chi connectivity index (χ2n) is 7.82. The lowest BCUT2D eigenvalue weighted by molar-refractivity contribution is 0.397. The number of nitrogens with zero attached hydrogens (tertiary/aromatic N) is 2. The first-order valence-electron chi connectivity index (χ1n) is 9.92. The lowest BCUT2D eigenvalue weighted by Gasteiger charge is -2.27. The van der Waals surface area contributed by atoms with Crippen LogP contribution in [0.2, 0.25) is 0 Å². The van der Waals surface area contributed by atoms with Gasteiger partial charge in [-0.1, -0.05) is 42.5 Å². The molecule has 1 aliphatic rings. The third kappa shape index (κ3) is 2.82. The molecular weight excluding hydrogens is 388 g/mol. The lowest BCUT2D eigenvalue weighted by Crippen LogP contribution is -2.28. The third-order valence-corrected chi connectivity index (χ3v) is 5.82. The first-order chi connectivity index (χ1) is 15.0. The average molecular weight is 408 g/mol. The van der Waals surface area contributed by atoms with E-state index < -0.39 is 5.92 Å². The van der Waals surface area contributed by atoms with E-state index in [9.17, 15) is 10.1 Å². The highest BCUT2D eigenvalue weighted by Gasteiger charge is 2.34. The van der Waals surface area contributed by atoms with Crippen molar-refractivity contribution in [1.82, 2.24) is 4.98 Å². The topological polar surface area (TPSA) is 95.1 Å². The van der Waals surface area contributed by atoms with Crippen molar-refractivity contribution in [3.05, 3.63) is 93.6 Å². The normalized spacial score (nSPS) is 15.5. The Kier molecular flexibility index (Phi) is 4.19. The van der Waals surface area contributed by atoms with Crippen LogP contribution in [0.4, 0.5) is 5.69 Å². The predicted molar refractivity (Wildman–Crippen MR) is 122 cm³/mol. The molecule has 2 heterocycles. The number of aromatic amines is 1. The van der Waals surface area contributed by atoms with Crippen LogP contribution in [0.1, 0.15) is 17.0 Å². The number of ether oxygens (including phenoxy) is 1. The summed E-state index contributed by atoms with van der Waals surface area (Å²) in [4.78, 5) is 18.4. The molecular formula is C25H20N4O2. The smallest absolute Gasteiger partial charge is 0.256 e. The van der Waals surface area contributed by atoms with Gasteiger partial charge in [0.05, 0.1) is 17.0 Å². The largest absolute Gasteiger partial charge is 0.439 e. The molecule has 3 N–H and O–H groups in total. The third-order valence-electron chi connectivity index (χ3n) is 5.82. The van der Waals surface area contributed by atoms with Gasteiger partial charge in [0.2, 0.25) is 5.88 Å². The standard InChI is InChI=1S/C25H20N4O2/c1-29(2)16-10-7-15(8-11-16)20-19(13-26)24(27)31-23-18-12-9-14-5-3-4-6-17(14)22(18)28-25(30)21(20)23/h3-12,20H,27H2,1-2H3,(H,28,30). The van der Waals surface area contributed by atoms with Crippen LogP contribution >= 0.6 is 0 Å². The van der Waals surface area contributed by atoms with Gasteiger partial charge in [-0.2, -0.15) is 5.26 Å². The van der Waals surface area contributed by atoms with Crippen LogP contribution in [-0.4, -0.2) is 19.1 Å². The van der Waals surface area contributed by atoms with Crippen molar-refractivity contribution >= 4 is 27.4 Å². The lowest BCUT2D eigenvalue weighted by atomic mass is 9.83. The molecule has 1 aliphatic heterocycles. The van der Waals surface area contributed by atoms with Crippen LogP contribution in [0.3, 0.4) is 0 Å². The molecule has 6 nitrogen and oxygen atoms in total. The van der Waals surface area contributed by atoms with Gasteiger partial charge in [-0.05, 0) is 29.1 Å². The molecule has 1 aromatic heterocycles. The predicted octanol–water partition coefficient (Wildman–Crippen LogP) is 3.97. The fraction of sp³-hybridized carbons (Fsp3) is 0.120. The monoisotopic (exact) mass is 408 g/mol. The molecule has 5 rings (SSSR count). The van der Waals surface area contributed by atoms with Crippen LogP contribution in [0.5, 0.6) is 5.75 Å². The molecule has 0 bridgehead atoms. The number of rotatable bonds is 2. The molecule has 1 unspecified atom stereocenters. The second-order valence-corrected chi connectivity index (χ2v) is 7.82. The van der Waals surface area contributed by atoms with Crippen LogP contribution in [0, 0.1) is 11.3 Å². The van der Waals surface area contributed by atoms with Gasteiger partial charge in [-0.25, -0.2) is 0 Å². The van der Waals surface area contributed by atoms with Crippen molar-refractivity contribution in [3.8, 4) is 11.8 Å². The fourth-order valence-electron chi connectivity index (χ4n) is 4.27. The first-order valence-corrected chi connectivity index (χ1v) is 9.92. The van der Waals surface area contributed by atoms with Crippen molar-refractivity contribution < 1.29 is 4.74 Å². The van der Waals surface area contributed by atoms with Gasteiger partial charge in [0, 0.05) is 30.6 Å². The van der Waals surface area contributed by atoms with E-state index in [4.69, 9.17) is 10.5 Å². The number of nitrogens with two attached hydrogens (primary N) is 1. The highest BCUT2D eigenvalue weighted by molar-refractivity contribution is 6.07. The quantitative estimate of drug-likeness (QED) is 0.490. The highest BCUT2D eigenvalue weighted by atomic mass is 16.5. The van der Waals surface area contributed by atoms with E-state index in [2.05, 4.69) is 11.1 Å². The van der Waals surface area contributed by atoms with Crippen molar-refractivity contribution in [3.63, 3.8) is 0 Å². The average Bonchev–Trinajstić information content (AvgIpc) is 2.78. The minimum absolute atomic E-state index is 0.0248. The van der Waals surface area contributed by atoms with E-state index in [1.54, 1.807) is 0 Å². The number of allylic oxidation sites excluding steroid dienone is 1. The minimum Gasteiger partial charge on any atom is -0.439 e. The number of benzene rings is 3. The number of pyridine rings is 1. The molecule has 0 radical (unpaired) electrons. The summed E-state index contributed by atoms with van der Waals surface area (Å²) in [6.07, 6.45) is 0. The Morgan fingerprint density at radius 3 is 2.48 bits per heavy atom. The van der Waals surface area contributed by atoms with Gasteiger partial charge in [0.25, 0.3) is 5.56 Å². The Morgan fingerprint density at radius 1 is 1.03 bits per heavy atom. The summed E-state index contributed by atoms with van der Waals surface area (Å²) in [5, 5.41) is 12.5. The molecule has 4 aromatic rings. The maximum Gasteiger partial charge on any atom is 0.256 e. The van der Waals surface area contributed by atoms with E-state index >= 15 is 0 Å². The summed E-state index contributed by atoms with van der Waals surface area (Å²) >= 11 is 0. The summed E-state index contributed by atoms with van der Waals surface area (Å²) in [5.74, 6) is -0.177. The number of anilines is 1. The van der Waals surface area contributed by atoms with Crippen molar-refractivity contribution in [2.75, 3.05) is 19.0 Å². The number of nitrogens with one attached hydrogen (secondary N) is 1. The molecule has 1 atom stereocenters. The van der Waals surface area contributed by atoms with Gasteiger partial charge in [-0.3, -0.25) is 4.79 Å². The molecule has 0 fully saturated rings. The number of fused-ring (bicyclic) bond motifs is 5. The van der Waals surface area contributed by atoms with Crippen molar-refractivity contribution in [1.29, 1.82) is 5.26 Å². The first kappa shape index (κ1) is 18.8. The van der Waals surface area contributed by atoms with Gasteiger partial charge in [0.15, 0.2) is 0 Å². The fourth-order valence-corrected chi connectivity index (χ4v) is 4.27. The summed E-state index contributed by atoms with van der Waals surface area (Å²) in [5.41, 5.74) is 9.03. The molecule has 0 saturated heterocycles. The molecule has 0 aliphatic carbocycles. The van der Waals surface area contributed by atoms with Gasteiger partial charge in [0.1, 0.15) is 17.4 Å². The molecule has 0 spiro atoms. The Labute approximate surface area is 178 Å². The summed E-state index contributed by atoms with van der Waals surface area (Å²) in [6.45, 7) is 0. The SMILES string of the molecule is CN(C)c1ccc(C2C(C#N)=C(N)Oc3c2c(=O)[nH]c2c3ccc3ccccc32)cc1. The maximum atomic E-state index is 13.3. The second kappa shape index (κ2) is 6.92. The highest BCUT2D eigenvalue weighted by Crippen LogP contribution is 2.44. The molecule has 0 amide bonds. The summed E-state index contributed by atoms with van der Waals surface area (Å²) < 4.78 is 5.90. The van der Waals surface area contributed by atoms with Gasteiger partial charge >= 0.3 is 0 Å². The van der Waals surface area contributed by atoms with E-state index in [-0.39, 0.29) is 17.0 Å². The Balaban J connectivity index is 1.81. The molecule has 0 saturated carbocycles. The molecule has 6 heteroatoms. The van der Waals surface area contributed by atoms with Crippen LogP contribution in [0.15, 0.2) is 76.9 Å². The summed E-state index contributed by atoms with van der Waals surface area (Å²) in [6, 6.07) is 21.6. The molecule has 3 aromatic carbocycles. The van der Waals surface area contributed by atoms with E-state index in [1.165, 1.54) is 0 Å². The van der Waals surface area contributed by atoms with Crippen molar-refractivity contribution in [2.45, 2.75) is 5.92 Å². The number of aromatic nitrogens is 1. The number of nitriles is 1.